The monoisotopic (exact) mass is 397 g/mol. The van der Waals surface area contributed by atoms with Crippen LogP contribution in [0.2, 0.25) is 0 Å². The molecule has 8 nitrogen and oxygen atoms in total. The van der Waals surface area contributed by atoms with Gasteiger partial charge < -0.3 is 30.6 Å². The second-order valence-electron chi connectivity index (χ2n) is 0.447. The van der Waals surface area contributed by atoms with E-state index in [2.05, 4.69) is 0 Å². The molecule has 63 valence electrons. The zero-order valence-corrected chi connectivity index (χ0v) is 10.8. The van der Waals surface area contributed by atoms with Gasteiger partial charge in [-0.1, -0.05) is 0 Å². The zero-order chi connectivity index (χ0) is 7.15. The van der Waals surface area contributed by atoms with Gasteiger partial charge in [-0.2, -0.15) is 0 Å². The van der Waals surface area contributed by atoms with Crippen LogP contribution in [0.4, 0.5) is 0 Å². The van der Waals surface area contributed by atoms with Gasteiger partial charge in [-0.3, -0.25) is 0 Å². The maximum absolute atomic E-state index is 8.25. The van der Waals surface area contributed by atoms with Crippen molar-refractivity contribution in [2.45, 2.75) is 0 Å². The van der Waals surface area contributed by atoms with Gasteiger partial charge in [0.2, 0.25) is 0 Å². The Morgan fingerprint density at radius 1 is 0.800 bits per heavy atom. The zero-order valence-electron chi connectivity index (χ0n) is 4.35. The molecule has 0 aliphatic rings. The van der Waals surface area contributed by atoms with Gasteiger partial charge in [0, 0.05) is 0 Å². The van der Waals surface area contributed by atoms with E-state index < -0.39 is 10.2 Å². The predicted octanol–water partition coefficient (Wildman–Crippen LogP) is -1.40. The fourth-order valence-corrected chi connectivity index (χ4v) is 0. The van der Waals surface area contributed by atoms with Crippen LogP contribution < -0.4 is 0 Å². The third-order valence-corrected chi connectivity index (χ3v) is 0. The third-order valence-electron chi connectivity index (χ3n) is 0. The Bertz CT molecular complexity index is 73.7. The fourth-order valence-electron chi connectivity index (χ4n) is 0. The van der Waals surface area contributed by atoms with E-state index in [1.54, 1.807) is 0 Å². The molecule has 10 heteroatoms. The molecule has 0 heterocycles. The van der Waals surface area contributed by atoms with Gasteiger partial charge in [-0.25, -0.2) is 0 Å². The van der Waals surface area contributed by atoms with Gasteiger partial charge in [-0.15, -0.1) is 0 Å². The Hall–Kier alpha value is -0.158. The second-order valence-corrected chi connectivity index (χ2v) is 0.447. The molecule has 0 aromatic rings. The average molecular weight is 397 g/mol. The first kappa shape index (κ1) is 22.5. The van der Waals surface area contributed by atoms with Crippen LogP contribution in [0.15, 0.2) is 0 Å². The van der Waals surface area contributed by atoms with Crippen molar-refractivity contribution in [3.63, 3.8) is 0 Å². The summed E-state index contributed by atoms with van der Waals surface area (Å²) in [5, 5.41) is 29.5. The molecule has 0 bridgehead atoms. The van der Waals surface area contributed by atoms with E-state index in [4.69, 9.17) is 30.6 Å². The van der Waals surface area contributed by atoms with Crippen LogP contribution in [-0.4, -0.2) is 37.5 Å². The first-order valence-corrected chi connectivity index (χ1v) is 1.10. The molecule has 0 aliphatic carbocycles. The molecule has 0 amide bonds. The van der Waals surface area contributed by atoms with Gasteiger partial charge in [-0.05, 0) is 0 Å². The third kappa shape index (κ3) is 14600. The molecule has 0 aliphatic heterocycles. The van der Waals surface area contributed by atoms with Crippen LogP contribution in [0.5, 0.6) is 0 Å². The predicted molar refractivity (Wildman–Crippen MR) is 29.3 cm³/mol. The molecule has 0 unspecified atom stereocenters. The molecule has 0 saturated heterocycles. The van der Waals surface area contributed by atoms with Gasteiger partial charge in [0.1, 0.15) is 0 Å². The quantitative estimate of drug-likeness (QED) is 0.281. The number of nitrogens with zero attached hydrogens (tertiary/aromatic N) is 2. The van der Waals surface area contributed by atoms with Gasteiger partial charge in [0.15, 0.2) is 0 Å². The fraction of sp³-hybridized carbons (Fsp3) is 0. The molecule has 0 aromatic carbocycles. The summed E-state index contributed by atoms with van der Waals surface area (Å²) in [5.41, 5.74) is 0. The molecule has 0 aromatic heterocycles. The summed E-state index contributed by atoms with van der Waals surface area (Å²) >= 11 is 0. The summed E-state index contributed by atoms with van der Waals surface area (Å²) in [4.78, 5) is 16.5. The molecular formula is H2CuN2O6Pb. The molecule has 0 saturated carbocycles. The number of hydrogen-bond donors (Lipinski definition) is 0. The Morgan fingerprint density at radius 2 is 0.800 bits per heavy atom. The van der Waals surface area contributed by atoms with Crippen molar-refractivity contribution < 1.29 is 27.2 Å². The minimum absolute atomic E-state index is 0. The Kier molecular flexibility index (Phi) is 35.9. The molecule has 0 rings (SSSR count). The van der Waals surface area contributed by atoms with Crippen molar-refractivity contribution in [2.24, 2.45) is 0 Å². The van der Waals surface area contributed by atoms with Crippen molar-refractivity contribution in [3.05, 3.63) is 30.6 Å². The Balaban J connectivity index is -0.0000000300. The summed E-state index contributed by atoms with van der Waals surface area (Å²) in [6.45, 7) is 0. The number of hydrogen-bond acceptors (Lipinski definition) is 6. The van der Waals surface area contributed by atoms with Crippen molar-refractivity contribution in [1.29, 1.82) is 0 Å². The van der Waals surface area contributed by atoms with Crippen LogP contribution in [0.25, 0.3) is 0 Å². The van der Waals surface area contributed by atoms with E-state index in [1.807, 2.05) is 0 Å². The van der Waals surface area contributed by atoms with Crippen LogP contribution in [0.1, 0.15) is 0 Å². The molecular weight excluding hydrogens is 395 g/mol. The van der Waals surface area contributed by atoms with Crippen LogP contribution in [-0.2, 0) is 17.1 Å². The average Bonchev–Trinajstić information content (AvgIpc) is 1.25. The normalized spacial score (nSPS) is 4.80. The first-order valence-electron chi connectivity index (χ1n) is 1.10. The standard InChI is InChI=1S/Cu.2NO3.Pb.2H/c;2*2-1(3)4;;;/q+2;2*-1;;;. The van der Waals surface area contributed by atoms with E-state index in [1.165, 1.54) is 0 Å². The van der Waals surface area contributed by atoms with Crippen LogP contribution in [0, 0.1) is 30.6 Å². The summed E-state index contributed by atoms with van der Waals surface area (Å²) in [5.74, 6) is 0. The van der Waals surface area contributed by atoms with Crippen LogP contribution >= 0.6 is 0 Å². The minimum atomic E-state index is -1.75. The van der Waals surface area contributed by atoms with Crippen LogP contribution in [0.3, 0.4) is 0 Å². The second kappa shape index (κ2) is 15.9. The summed E-state index contributed by atoms with van der Waals surface area (Å²) in [6, 6.07) is 0. The number of rotatable bonds is 0. The van der Waals surface area contributed by atoms with Gasteiger partial charge in [0.05, 0.1) is 10.2 Å². The molecule has 10 heavy (non-hydrogen) atoms. The summed E-state index contributed by atoms with van der Waals surface area (Å²) < 4.78 is 0. The van der Waals surface area contributed by atoms with E-state index in [-0.39, 0.29) is 44.4 Å². The van der Waals surface area contributed by atoms with Crippen molar-refractivity contribution in [2.75, 3.05) is 0 Å². The van der Waals surface area contributed by atoms with Gasteiger partial charge in [0.25, 0.3) is 0 Å². The topological polar surface area (TPSA) is 132 Å². The summed E-state index contributed by atoms with van der Waals surface area (Å²) in [7, 11) is 0. The SMILES string of the molecule is O=[N+]([O-])[O-].O=[N+]([O-])[O-].[Cu+2].[PbH2]. The Labute approximate surface area is 85.1 Å². The van der Waals surface area contributed by atoms with E-state index in [9.17, 15) is 0 Å². The van der Waals surface area contributed by atoms with Crippen molar-refractivity contribution >= 4 is 27.3 Å². The first-order chi connectivity index (χ1) is 3.46. The van der Waals surface area contributed by atoms with E-state index >= 15 is 0 Å². The van der Waals surface area contributed by atoms with E-state index in [0.29, 0.717) is 0 Å². The molecule has 0 spiro atoms. The maximum atomic E-state index is 8.25. The Morgan fingerprint density at radius 3 is 0.800 bits per heavy atom. The summed E-state index contributed by atoms with van der Waals surface area (Å²) in [6.07, 6.45) is 0. The van der Waals surface area contributed by atoms with Gasteiger partial charge >= 0.3 is 44.4 Å². The van der Waals surface area contributed by atoms with E-state index in [0.717, 1.165) is 0 Å². The molecule has 3 radical (unpaired) electrons. The molecule has 0 N–H and O–H groups in total. The molecule has 0 fully saturated rings. The molecule has 0 atom stereocenters. The van der Waals surface area contributed by atoms with Crippen molar-refractivity contribution in [3.8, 4) is 0 Å². The van der Waals surface area contributed by atoms with Crippen molar-refractivity contribution in [1.82, 2.24) is 0 Å².